The van der Waals surface area contributed by atoms with Gasteiger partial charge in [-0.25, -0.2) is 0 Å². The first-order valence-electron chi connectivity index (χ1n) is 4.97. The fourth-order valence-corrected chi connectivity index (χ4v) is 2.14. The molecule has 12 heavy (non-hydrogen) atoms. The van der Waals surface area contributed by atoms with Crippen molar-refractivity contribution in [1.82, 2.24) is 10.2 Å². The van der Waals surface area contributed by atoms with Crippen LogP contribution < -0.4 is 5.32 Å². The van der Waals surface area contributed by atoms with E-state index in [1.807, 2.05) is 0 Å². The monoisotopic (exact) mass is 172 g/mol. The fraction of sp³-hybridized carbons (Fsp3) is 1.00. The van der Waals surface area contributed by atoms with Gasteiger partial charge in [0.1, 0.15) is 0 Å². The van der Waals surface area contributed by atoms with Crippen molar-refractivity contribution < 1.29 is 6.16 Å². The van der Waals surface area contributed by atoms with Crippen molar-refractivity contribution in [2.75, 3.05) is 32.8 Å². The molecule has 2 heterocycles. The van der Waals surface area contributed by atoms with Crippen LogP contribution in [0, 0.1) is 0 Å². The van der Waals surface area contributed by atoms with E-state index in [2.05, 4.69) is 17.1 Å². The van der Waals surface area contributed by atoms with Crippen LogP contribution >= 0.6 is 0 Å². The minimum atomic E-state index is 0. The fourth-order valence-electron chi connectivity index (χ4n) is 2.14. The molecule has 0 amide bonds. The van der Waals surface area contributed by atoms with Crippen LogP contribution in [0.25, 0.3) is 0 Å². The van der Waals surface area contributed by atoms with Crippen LogP contribution in [0.5, 0.6) is 0 Å². The summed E-state index contributed by atoms with van der Waals surface area (Å²) in [6.07, 6.45) is 1.69. The lowest BCUT2D eigenvalue weighted by atomic mass is 10.0. The molecule has 2 unspecified atom stereocenters. The van der Waals surface area contributed by atoms with Crippen LogP contribution in [0.2, 0.25) is 0 Å². The first-order valence-corrected chi connectivity index (χ1v) is 4.97. The highest BCUT2D eigenvalue weighted by Crippen LogP contribution is 2.16. The van der Waals surface area contributed by atoms with Gasteiger partial charge >= 0.3 is 0 Å². The van der Waals surface area contributed by atoms with Crippen molar-refractivity contribution in [2.45, 2.75) is 25.5 Å². The summed E-state index contributed by atoms with van der Waals surface area (Å²) >= 11 is 0. The first-order chi connectivity index (χ1) is 5.90. The lowest BCUT2D eigenvalue weighted by Crippen LogP contribution is -2.58. The van der Waals surface area contributed by atoms with Crippen molar-refractivity contribution in [3.05, 3.63) is 0 Å². The third-order valence-electron chi connectivity index (χ3n) is 2.92. The zero-order valence-electron chi connectivity index (χ0n) is 7.75. The number of ether oxygens (including phenoxy) is 1. The molecule has 2 rings (SSSR count). The highest BCUT2D eigenvalue weighted by Gasteiger charge is 2.30. The normalized spacial score (nSPS) is 37.8. The molecule has 3 nitrogen and oxygen atoms in total. The molecule has 0 spiro atoms. The standard InChI is InChI=1S/C9H18N2O.H2/c1-2-11-5-3-9-8(7-11)10-4-6-12-9;/h8-10H,2-7H2,1H3;1H. The minimum Gasteiger partial charge on any atom is -0.375 e. The number of nitrogens with zero attached hydrogens (tertiary/aromatic N) is 1. The van der Waals surface area contributed by atoms with Gasteiger partial charge in [-0.15, -0.1) is 0 Å². The van der Waals surface area contributed by atoms with E-state index in [1.54, 1.807) is 0 Å². The SMILES string of the molecule is CCN1CCC2OCCNC2C1.[HH]. The maximum atomic E-state index is 5.69. The molecule has 2 aliphatic heterocycles. The first kappa shape index (κ1) is 8.48. The van der Waals surface area contributed by atoms with E-state index in [9.17, 15) is 0 Å². The number of hydrogen-bond acceptors (Lipinski definition) is 3. The van der Waals surface area contributed by atoms with Gasteiger partial charge in [-0.3, -0.25) is 0 Å². The Hall–Kier alpha value is -0.120. The van der Waals surface area contributed by atoms with Crippen LogP contribution in [-0.4, -0.2) is 49.8 Å². The maximum Gasteiger partial charge on any atom is 0.0753 e. The lowest BCUT2D eigenvalue weighted by Gasteiger charge is -2.41. The number of piperidine rings is 1. The van der Waals surface area contributed by atoms with E-state index in [-0.39, 0.29) is 1.43 Å². The largest absolute Gasteiger partial charge is 0.375 e. The Balaban J connectivity index is 0.000000845. The molecule has 2 aliphatic rings. The van der Waals surface area contributed by atoms with E-state index in [1.165, 1.54) is 26.1 Å². The molecule has 0 aromatic carbocycles. The van der Waals surface area contributed by atoms with Crippen molar-refractivity contribution >= 4 is 0 Å². The zero-order chi connectivity index (χ0) is 8.39. The molecule has 3 heteroatoms. The molecule has 0 bridgehead atoms. The second-order valence-corrected chi connectivity index (χ2v) is 3.65. The summed E-state index contributed by atoms with van der Waals surface area (Å²) in [5.41, 5.74) is 0. The van der Waals surface area contributed by atoms with Gasteiger partial charge in [0.05, 0.1) is 12.7 Å². The van der Waals surface area contributed by atoms with Gasteiger partial charge in [0, 0.05) is 27.1 Å². The average molecular weight is 172 g/mol. The molecule has 0 aliphatic carbocycles. The van der Waals surface area contributed by atoms with Crippen LogP contribution in [0.4, 0.5) is 0 Å². The third-order valence-corrected chi connectivity index (χ3v) is 2.92. The van der Waals surface area contributed by atoms with Crippen molar-refractivity contribution in [3.63, 3.8) is 0 Å². The van der Waals surface area contributed by atoms with E-state index in [0.717, 1.165) is 13.2 Å². The second kappa shape index (κ2) is 3.73. The van der Waals surface area contributed by atoms with Crippen LogP contribution in [-0.2, 0) is 4.74 Å². The van der Waals surface area contributed by atoms with Crippen molar-refractivity contribution in [2.24, 2.45) is 0 Å². The average Bonchev–Trinajstić information content (AvgIpc) is 2.17. The Bertz CT molecular complexity index is 157. The second-order valence-electron chi connectivity index (χ2n) is 3.65. The molecule has 0 radical (unpaired) electrons. The van der Waals surface area contributed by atoms with Gasteiger partial charge in [0.2, 0.25) is 0 Å². The van der Waals surface area contributed by atoms with Gasteiger partial charge < -0.3 is 15.0 Å². The third kappa shape index (κ3) is 1.63. The summed E-state index contributed by atoms with van der Waals surface area (Å²) in [5, 5.41) is 3.52. The predicted octanol–water partition coefficient (Wildman–Crippen LogP) is 0.315. The number of morpholine rings is 1. The highest BCUT2D eigenvalue weighted by molar-refractivity contribution is 4.88. The molecule has 72 valence electrons. The summed E-state index contributed by atoms with van der Waals surface area (Å²) in [6, 6.07) is 0.590. The van der Waals surface area contributed by atoms with Crippen LogP contribution in [0.3, 0.4) is 0 Å². The molecule has 2 atom stereocenters. The molecule has 0 aromatic heterocycles. The summed E-state index contributed by atoms with van der Waals surface area (Å²) < 4.78 is 5.69. The molecule has 0 aromatic rings. The summed E-state index contributed by atoms with van der Waals surface area (Å²) in [4.78, 5) is 2.49. The molecule has 2 saturated heterocycles. The van der Waals surface area contributed by atoms with Crippen LogP contribution in [0.15, 0.2) is 0 Å². The number of fused-ring (bicyclic) bond motifs is 1. The maximum absolute atomic E-state index is 5.69. The van der Waals surface area contributed by atoms with Crippen molar-refractivity contribution in [1.29, 1.82) is 0 Å². The highest BCUT2D eigenvalue weighted by atomic mass is 16.5. The quantitative estimate of drug-likeness (QED) is 0.616. The van der Waals surface area contributed by atoms with Crippen LogP contribution in [0.1, 0.15) is 14.8 Å². The number of likely N-dealkylation sites (tertiary alicyclic amines) is 1. The smallest absolute Gasteiger partial charge is 0.0753 e. The number of rotatable bonds is 1. The van der Waals surface area contributed by atoms with Gasteiger partial charge in [-0.05, 0) is 13.0 Å². The van der Waals surface area contributed by atoms with E-state index < -0.39 is 0 Å². The number of nitrogens with one attached hydrogen (secondary N) is 1. The van der Waals surface area contributed by atoms with Gasteiger partial charge in [-0.1, -0.05) is 6.92 Å². The minimum absolute atomic E-state index is 0. The molecule has 1 N–H and O–H groups in total. The number of hydrogen-bond donors (Lipinski definition) is 1. The molecular formula is C9H20N2O. The Morgan fingerprint density at radius 1 is 1.67 bits per heavy atom. The Morgan fingerprint density at radius 3 is 3.42 bits per heavy atom. The van der Waals surface area contributed by atoms with Gasteiger partial charge in [0.15, 0.2) is 0 Å². The Labute approximate surface area is 75.6 Å². The predicted molar refractivity (Wildman–Crippen MR) is 50.4 cm³/mol. The van der Waals surface area contributed by atoms with Gasteiger partial charge in [-0.2, -0.15) is 0 Å². The molecule has 0 saturated carbocycles. The lowest BCUT2D eigenvalue weighted by molar-refractivity contribution is -0.0420. The summed E-state index contributed by atoms with van der Waals surface area (Å²) in [5.74, 6) is 0. The topological polar surface area (TPSA) is 24.5 Å². The summed E-state index contributed by atoms with van der Waals surface area (Å²) in [6.45, 7) is 7.70. The van der Waals surface area contributed by atoms with Crippen molar-refractivity contribution in [3.8, 4) is 0 Å². The zero-order valence-corrected chi connectivity index (χ0v) is 7.75. The molecule has 2 fully saturated rings. The van der Waals surface area contributed by atoms with E-state index >= 15 is 0 Å². The van der Waals surface area contributed by atoms with E-state index in [0.29, 0.717) is 12.1 Å². The molecular weight excluding hydrogens is 152 g/mol. The number of likely N-dealkylation sites (N-methyl/N-ethyl adjacent to an activating group) is 1. The van der Waals surface area contributed by atoms with E-state index in [4.69, 9.17) is 4.74 Å². The Kier molecular flexibility index (Phi) is 2.63. The van der Waals surface area contributed by atoms with Gasteiger partial charge in [0.25, 0.3) is 0 Å². The summed E-state index contributed by atoms with van der Waals surface area (Å²) in [7, 11) is 0. The Morgan fingerprint density at radius 2 is 2.58 bits per heavy atom.